The molecule has 1 atom stereocenters. The van der Waals surface area contributed by atoms with Gasteiger partial charge in [-0.1, -0.05) is 0 Å². The van der Waals surface area contributed by atoms with Crippen LogP contribution in [0, 0.1) is 28.5 Å². The number of halogens is 1. The fourth-order valence-electron chi connectivity index (χ4n) is 2.64. The summed E-state index contributed by atoms with van der Waals surface area (Å²) in [4.78, 5) is 13.9. The van der Waals surface area contributed by atoms with Crippen LogP contribution in [0.25, 0.3) is 0 Å². The van der Waals surface area contributed by atoms with E-state index < -0.39 is 17.5 Å². The molecule has 0 aliphatic carbocycles. The molecular weight excluding hydrogens is 351 g/mol. The highest BCUT2D eigenvalue weighted by Crippen LogP contribution is 2.30. The number of nitrogens with one attached hydrogen (secondary N) is 2. The second-order valence-electron chi connectivity index (χ2n) is 7.04. The Morgan fingerprint density at radius 2 is 2.07 bits per heavy atom. The van der Waals surface area contributed by atoms with Gasteiger partial charge in [0.15, 0.2) is 0 Å². The van der Waals surface area contributed by atoms with E-state index in [1.54, 1.807) is 39.0 Å². The zero-order valence-electron chi connectivity index (χ0n) is 15.4. The van der Waals surface area contributed by atoms with Gasteiger partial charge in [0.2, 0.25) is 5.71 Å². The van der Waals surface area contributed by atoms with E-state index in [0.29, 0.717) is 30.9 Å². The lowest BCUT2D eigenvalue weighted by molar-refractivity contribution is 0.0509. The SMILES string of the molecule is CC(C)(C)OC(=O)NC1CCN(c2ccc(F)cc2NN=C(C#N)C#N)C1. The maximum absolute atomic E-state index is 13.6. The maximum atomic E-state index is 13.6. The molecule has 142 valence electrons. The highest BCUT2D eigenvalue weighted by atomic mass is 19.1. The van der Waals surface area contributed by atoms with Crippen molar-refractivity contribution in [2.45, 2.75) is 38.8 Å². The van der Waals surface area contributed by atoms with Crippen LogP contribution in [0.4, 0.5) is 20.6 Å². The average Bonchev–Trinajstić information content (AvgIpc) is 3.02. The van der Waals surface area contributed by atoms with Crippen LogP contribution in [0.5, 0.6) is 0 Å². The molecule has 1 fully saturated rings. The van der Waals surface area contributed by atoms with E-state index in [-0.39, 0.29) is 11.8 Å². The fourth-order valence-corrected chi connectivity index (χ4v) is 2.64. The van der Waals surface area contributed by atoms with Crippen molar-refractivity contribution in [2.24, 2.45) is 5.10 Å². The third-order valence-electron chi connectivity index (χ3n) is 3.71. The zero-order valence-corrected chi connectivity index (χ0v) is 15.4. The minimum Gasteiger partial charge on any atom is -0.444 e. The molecule has 1 aliphatic rings. The molecule has 27 heavy (non-hydrogen) atoms. The summed E-state index contributed by atoms with van der Waals surface area (Å²) >= 11 is 0. The van der Waals surface area contributed by atoms with E-state index in [9.17, 15) is 9.18 Å². The van der Waals surface area contributed by atoms with E-state index in [1.165, 1.54) is 12.1 Å². The molecule has 0 radical (unpaired) electrons. The van der Waals surface area contributed by atoms with Gasteiger partial charge in [0.1, 0.15) is 23.6 Å². The molecule has 0 saturated carbocycles. The highest BCUT2D eigenvalue weighted by Gasteiger charge is 2.27. The Bertz CT molecular complexity index is 803. The van der Waals surface area contributed by atoms with Gasteiger partial charge in [-0.2, -0.15) is 15.6 Å². The molecule has 0 aromatic heterocycles. The molecule has 2 rings (SSSR count). The van der Waals surface area contributed by atoms with Gasteiger partial charge in [-0.05, 0) is 39.3 Å². The molecule has 0 spiro atoms. The number of nitrogens with zero attached hydrogens (tertiary/aromatic N) is 4. The minimum atomic E-state index is -0.576. The quantitative estimate of drug-likeness (QED) is 0.620. The standard InChI is InChI=1S/C18H21FN6O2/c1-18(2,3)27-17(26)22-13-6-7-25(11-13)16-5-4-12(19)8-15(16)24-23-14(9-20)10-21/h4-5,8,13,24H,6-7,11H2,1-3H3,(H,22,26). The number of rotatable bonds is 4. The van der Waals surface area contributed by atoms with Gasteiger partial charge in [-0.25, -0.2) is 9.18 Å². The second-order valence-corrected chi connectivity index (χ2v) is 7.04. The van der Waals surface area contributed by atoms with Gasteiger partial charge >= 0.3 is 6.09 Å². The third-order valence-corrected chi connectivity index (χ3v) is 3.71. The Morgan fingerprint density at radius 1 is 1.37 bits per heavy atom. The first-order valence-electron chi connectivity index (χ1n) is 8.40. The lowest BCUT2D eigenvalue weighted by atomic mass is 10.2. The average molecular weight is 372 g/mol. The lowest BCUT2D eigenvalue weighted by Crippen LogP contribution is -2.40. The van der Waals surface area contributed by atoms with Gasteiger partial charge in [0.05, 0.1) is 17.4 Å². The molecule has 1 saturated heterocycles. The van der Waals surface area contributed by atoms with Gasteiger partial charge < -0.3 is 15.0 Å². The first-order valence-corrected chi connectivity index (χ1v) is 8.40. The molecule has 1 aromatic rings. The molecule has 1 amide bonds. The van der Waals surface area contributed by atoms with Crippen LogP contribution >= 0.6 is 0 Å². The number of hydrazone groups is 1. The number of hydrogen-bond donors (Lipinski definition) is 2. The molecule has 0 bridgehead atoms. The summed E-state index contributed by atoms with van der Waals surface area (Å²) in [6.45, 7) is 6.52. The molecule has 1 aliphatic heterocycles. The molecule has 9 heteroatoms. The Morgan fingerprint density at radius 3 is 2.70 bits per heavy atom. The molecular formula is C18H21FN6O2. The largest absolute Gasteiger partial charge is 0.444 e. The zero-order chi connectivity index (χ0) is 20.0. The van der Waals surface area contributed by atoms with Crippen molar-refractivity contribution >= 4 is 23.2 Å². The molecule has 2 N–H and O–H groups in total. The van der Waals surface area contributed by atoms with Crippen molar-refractivity contribution in [1.82, 2.24) is 5.32 Å². The molecule has 8 nitrogen and oxygen atoms in total. The first kappa shape index (κ1) is 20.0. The van der Waals surface area contributed by atoms with E-state index >= 15 is 0 Å². The minimum absolute atomic E-state index is 0.116. The van der Waals surface area contributed by atoms with Crippen molar-refractivity contribution in [3.63, 3.8) is 0 Å². The first-order chi connectivity index (χ1) is 12.7. The second kappa shape index (κ2) is 8.37. The summed E-state index contributed by atoms with van der Waals surface area (Å²) in [6, 6.07) is 7.28. The van der Waals surface area contributed by atoms with Crippen LogP contribution in [-0.4, -0.2) is 36.5 Å². The van der Waals surface area contributed by atoms with Gasteiger partial charge in [-0.15, -0.1) is 0 Å². The van der Waals surface area contributed by atoms with Crippen LogP contribution in [-0.2, 0) is 4.74 Å². The van der Waals surface area contributed by atoms with Crippen LogP contribution in [0.1, 0.15) is 27.2 Å². The molecule has 1 unspecified atom stereocenters. The fraction of sp³-hybridized carbons (Fsp3) is 0.444. The smallest absolute Gasteiger partial charge is 0.407 e. The molecule has 1 heterocycles. The summed E-state index contributed by atoms with van der Waals surface area (Å²) in [6.07, 6.45) is 0.213. The van der Waals surface area contributed by atoms with Crippen LogP contribution < -0.4 is 15.6 Å². The van der Waals surface area contributed by atoms with Gasteiger partial charge in [0, 0.05) is 19.2 Å². The predicted molar refractivity (Wildman–Crippen MR) is 98.7 cm³/mol. The van der Waals surface area contributed by atoms with Gasteiger partial charge in [0.25, 0.3) is 0 Å². The van der Waals surface area contributed by atoms with Crippen molar-refractivity contribution in [1.29, 1.82) is 10.5 Å². The Kier molecular flexibility index (Phi) is 6.19. The number of carbonyl (C=O) groups excluding carboxylic acids is 1. The van der Waals surface area contributed by atoms with E-state index in [4.69, 9.17) is 15.3 Å². The topological polar surface area (TPSA) is 114 Å². The van der Waals surface area contributed by atoms with Crippen LogP contribution in [0.3, 0.4) is 0 Å². The van der Waals surface area contributed by atoms with Crippen molar-refractivity contribution < 1.29 is 13.9 Å². The Hall–Kier alpha value is -3.33. The van der Waals surface area contributed by atoms with E-state index in [0.717, 1.165) is 0 Å². The summed E-state index contributed by atoms with van der Waals surface area (Å²) < 4.78 is 18.9. The van der Waals surface area contributed by atoms with Crippen LogP contribution in [0.15, 0.2) is 23.3 Å². The van der Waals surface area contributed by atoms with E-state index in [1.807, 2.05) is 4.90 Å². The van der Waals surface area contributed by atoms with E-state index in [2.05, 4.69) is 15.8 Å². The maximum Gasteiger partial charge on any atom is 0.407 e. The number of amides is 1. The van der Waals surface area contributed by atoms with Crippen LogP contribution in [0.2, 0.25) is 0 Å². The Balaban J connectivity index is 2.09. The summed E-state index contributed by atoms with van der Waals surface area (Å²) in [5.74, 6) is -0.477. The third kappa shape index (κ3) is 5.86. The summed E-state index contributed by atoms with van der Waals surface area (Å²) in [5.41, 5.74) is 2.61. The van der Waals surface area contributed by atoms with Crippen molar-refractivity contribution in [2.75, 3.05) is 23.4 Å². The number of alkyl carbamates (subject to hydrolysis) is 1. The number of carbonyl (C=O) groups is 1. The number of anilines is 2. The summed E-state index contributed by atoms with van der Waals surface area (Å²) in [5, 5.41) is 24.0. The van der Waals surface area contributed by atoms with Crippen molar-refractivity contribution in [3.05, 3.63) is 24.0 Å². The van der Waals surface area contributed by atoms with Gasteiger partial charge in [-0.3, -0.25) is 5.43 Å². The summed E-state index contributed by atoms with van der Waals surface area (Å²) in [7, 11) is 0. The number of nitriles is 2. The Labute approximate surface area is 157 Å². The number of benzene rings is 1. The molecule has 1 aromatic carbocycles. The lowest BCUT2D eigenvalue weighted by Gasteiger charge is -2.23. The number of hydrogen-bond acceptors (Lipinski definition) is 7. The predicted octanol–water partition coefficient (Wildman–Crippen LogP) is 2.74. The number of ether oxygens (including phenoxy) is 1. The highest BCUT2D eigenvalue weighted by molar-refractivity contribution is 6.10. The monoisotopic (exact) mass is 372 g/mol. The normalized spacial score (nSPS) is 16.1. The van der Waals surface area contributed by atoms with Crippen molar-refractivity contribution in [3.8, 4) is 12.1 Å².